The smallest absolute Gasteiger partial charge is 0.165 e. The van der Waals surface area contributed by atoms with E-state index < -0.39 is 0 Å². The third-order valence-electron chi connectivity index (χ3n) is 6.31. The Hall–Kier alpha value is -4.88. The van der Waals surface area contributed by atoms with Crippen LogP contribution in [0.1, 0.15) is 5.56 Å². The van der Waals surface area contributed by atoms with Crippen LogP contribution in [0.15, 0.2) is 106 Å². The van der Waals surface area contributed by atoms with Crippen molar-refractivity contribution in [2.24, 2.45) is 0 Å². The molecule has 0 amide bonds. The maximum absolute atomic E-state index is 9.14. The van der Waals surface area contributed by atoms with Gasteiger partial charge < -0.3 is 8.83 Å². The van der Waals surface area contributed by atoms with Crippen molar-refractivity contribution >= 4 is 44.1 Å². The lowest BCUT2D eigenvalue weighted by Gasteiger charge is -2.08. The van der Waals surface area contributed by atoms with Crippen molar-refractivity contribution in [1.29, 1.82) is 5.26 Å². The first-order valence-electron chi connectivity index (χ1n) is 11.0. The summed E-state index contributed by atoms with van der Waals surface area (Å²) in [5.41, 5.74) is 9.28. The Bertz CT molecular complexity index is 1830. The van der Waals surface area contributed by atoms with E-state index >= 15 is 0 Å². The second kappa shape index (κ2) is 7.06. The number of benzene rings is 4. The summed E-state index contributed by atoms with van der Waals surface area (Å²) >= 11 is 0. The van der Waals surface area contributed by atoms with E-state index in [-0.39, 0.29) is 0 Å². The Morgan fingerprint density at radius 1 is 0.588 bits per heavy atom. The summed E-state index contributed by atoms with van der Waals surface area (Å²) in [6, 6.07) is 34.1. The largest absolute Gasteiger partial charge is 0.454 e. The summed E-state index contributed by atoms with van der Waals surface area (Å²) in [5, 5.41) is 11.1. The highest BCUT2D eigenvalue weighted by molar-refractivity contribution is 6.18. The summed E-state index contributed by atoms with van der Waals surface area (Å²) in [4.78, 5) is 5.02. The SMILES string of the molecule is N#Cc1ccc(-c2cccc(-c3c4oc5ccccc5c4nc4c3oc3ccccc34)c2)cc1. The Kier molecular flexibility index (Phi) is 3.88. The van der Waals surface area contributed by atoms with Crippen LogP contribution < -0.4 is 0 Å². The molecule has 3 heterocycles. The number of rotatable bonds is 2. The van der Waals surface area contributed by atoms with Crippen molar-refractivity contribution in [2.45, 2.75) is 0 Å². The molecule has 4 heteroatoms. The maximum Gasteiger partial charge on any atom is 0.165 e. The summed E-state index contributed by atoms with van der Waals surface area (Å²) in [6.07, 6.45) is 0. The highest BCUT2D eigenvalue weighted by Gasteiger charge is 2.22. The molecule has 4 nitrogen and oxygen atoms in total. The molecule has 0 saturated carbocycles. The summed E-state index contributed by atoms with van der Waals surface area (Å²) in [5.74, 6) is 0. The first-order valence-corrected chi connectivity index (χ1v) is 11.0. The number of hydrogen-bond acceptors (Lipinski definition) is 4. The molecule has 0 aliphatic rings. The van der Waals surface area contributed by atoms with Gasteiger partial charge in [0.2, 0.25) is 0 Å². The standard InChI is InChI=1S/C30H16N2O2/c31-17-18-12-14-19(15-13-18)20-6-5-7-21(16-20)26-29-27(22-8-1-3-10-24(22)33-29)32-28-23-9-2-4-11-25(23)34-30(26)28/h1-16H. The van der Waals surface area contributed by atoms with Gasteiger partial charge in [-0.3, -0.25) is 0 Å². The highest BCUT2D eigenvalue weighted by Crippen LogP contribution is 2.43. The van der Waals surface area contributed by atoms with E-state index in [1.54, 1.807) is 0 Å². The second-order valence-corrected chi connectivity index (χ2v) is 8.31. The number of aromatic nitrogens is 1. The number of fused-ring (bicyclic) bond motifs is 6. The zero-order valence-corrected chi connectivity index (χ0v) is 17.9. The quantitative estimate of drug-likeness (QED) is 0.275. The van der Waals surface area contributed by atoms with Crippen LogP contribution in [0.3, 0.4) is 0 Å². The van der Waals surface area contributed by atoms with E-state index in [1.807, 2.05) is 78.9 Å². The van der Waals surface area contributed by atoms with Crippen molar-refractivity contribution in [3.63, 3.8) is 0 Å². The topological polar surface area (TPSA) is 63.0 Å². The van der Waals surface area contributed by atoms with E-state index in [1.165, 1.54) is 0 Å². The van der Waals surface area contributed by atoms with Crippen LogP contribution in [0.4, 0.5) is 0 Å². The average Bonchev–Trinajstić information content (AvgIpc) is 3.45. The minimum Gasteiger partial charge on any atom is -0.454 e. The molecular weight excluding hydrogens is 420 g/mol. The van der Waals surface area contributed by atoms with Gasteiger partial charge in [0.05, 0.1) is 17.2 Å². The fraction of sp³-hybridized carbons (Fsp3) is 0. The molecule has 0 saturated heterocycles. The Morgan fingerprint density at radius 2 is 1.18 bits per heavy atom. The Morgan fingerprint density at radius 3 is 1.79 bits per heavy atom. The molecule has 3 aromatic heterocycles. The van der Waals surface area contributed by atoms with Gasteiger partial charge in [0.15, 0.2) is 11.2 Å². The molecule has 0 aliphatic carbocycles. The third kappa shape index (κ3) is 2.68. The molecular formula is C30H16N2O2. The van der Waals surface area contributed by atoms with Crippen molar-refractivity contribution in [1.82, 2.24) is 4.98 Å². The van der Waals surface area contributed by atoms with E-state index in [0.717, 1.165) is 55.2 Å². The number of furan rings is 2. The minimum absolute atomic E-state index is 0.641. The van der Waals surface area contributed by atoms with E-state index in [0.29, 0.717) is 16.7 Å². The molecule has 0 atom stereocenters. The summed E-state index contributed by atoms with van der Waals surface area (Å²) < 4.78 is 12.7. The number of hydrogen-bond donors (Lipinski definition) is 0. The van der Waals surface area contributed by atoms with Crippen LogP contribution in [0.5, 0.6) is 0 Å². The van der Waals surface area contributed by atoms with Gasteiger partial charge >= 0.3 is 0 Å². The highest BCUT2D eigenvalue weighted by atomic mass is 16.3. The van der Waals surface area contributed by atoms with Crippen LogP contribution in [0.2, 0.25) is 0 Å². The molecule has 0 N–H and O–H groups in total. The van der Waals surface area contributed by atoms with Crippen LogP contribution in [0.25, 0.3) is 66.4 Å². The molecule has 0 radical (unpaired) electrons. The Labute approximate surface area is 194 Å². The van der Waals surface area contributed by atoms with Gasteiger partial charge in [-0.1, -0.05) is 54.6 Å². The lowest BCUT2D eigenvalue weighted by molar-refractivity contribution is 0.657. The van der Waals surface area contributed by atoms with Crippen LogP contribution in [0, 0.1) is 11.3 Å². The molecule has 7 rings (SSSR count). The van der Waals surface area contributed by atoms with Crippen LogP contribution in [-0.4, -0.2) is 4.98 Å². The number of nitrogens with zero attached hydrogens (tertiary/aromatic N) is 2. The fourth-order valence-corrected chi connectivity index (χ4v) is 4.69. The normalized spacial score (nSPS) is 11.5. The molecule has 0 bridgehead atoms. The minimum atomic E-state index is 0.641. The lowest BCUT2D eigenvalue weighted by atomic mass is 9.97. The van der Waals surface area contributed by atoms with Crippen molar-refractivity contribution < 1.29 is 8.83 Å². The number of para-hydroxylation sites is 2. The van der Waals surface area contributed by atoms with E-state index in [4.69, 9.17) is 19.1 Å². The van der Waals surface area contributed by atoms with Gasteiger partial charge in [-0.15, -0.1) is 0 Å². The zero-order valence-electron chi connectivity index (χ0n) is 17.9. The van der Waals surface area contributed by atoms with Gasteiger partial charge in [-0.2, -0.15) is 5.26 Å². The lowest BCUT2D eigenvalue weighted by Crippen LogP contribution is -1.86. The summed E-state index contributed by atoms with van der Waals surface area (Å²) in [7, 11) is 0. The van der Waals surface area contributed by atoms with Crippen molar-refractivity contribution in [3.05, 3.63) is 103 Å². The first kappa shape index (κ1) is 18.7. The molecule has 158 valence electrons. The molecule has 0 fully saturated rings. The zero-order chi connectivity index (χ0) is 22.6. The fourth-order valence-electron chi connectivity index (χ4n) is 4.69. The van der Waals surface area contributed by atoms with E-state index in [2.05, 4.69) is 24.3 Å². The maximum atomic E-state index is 9.14. The molecule has 0 unspecified atom stereocenters. The van der Waals surface area contributed by atoms with Crippen molar-refractivity contribution in [3.8, 4) is 28.3 Å². The predicted octanol–water partition coefficient (Wildman–Crippen LogP) is 8.09. The molecule has 0 aliphatic heterocycles. The summed E-state index contributed by atoms with van der Waals surface area (Å²) in [6.45, 7) is 0. The molecule has 7 aromatic rings. The van der Waals surface area contributed by atoms with Gasteiger partial charge in [-0.05, 0) is 59.2 Å². The van der Waals surface area contributed by atoms with Crippen LogP contribution >= 0.6 is 0 Å². The number of nitriles is 1. The van der Waals surface area contributed by atoms with Crippen LogP contribution in [-0.2, 0) is 0 Å². The van der Waals surface area contributed by atoms with Gasteiger partial charge in [0.25, 0.3) is 0 Å². The van der Waals surface area contributed by atoms with Gasteiger partial charge in [0.1, 0.15) is 22.2 Å². The molecule has 4 aromatic carbocycles. The third-order valence-corrected chi connectivity index (χ3v) is 6.31. The first-order chi connectivity index (χ1) is 16.8. The second-order valence-electron chi connectivity index (χ2n) is 8.31. The predicted molar refractivity (Wildman–Crippen MR) is 134 cm³/mol. The Balaban J connectivity index is 1.57. The molecule has 0 spiro atoms. The van der Waals surface area contributed by atoms with Crippen molar-refractivity contribution in [2.75, 3.05) is 0 Å². The average molecular weight is 436 g/mol. The monoisotopic (exact) mass is 436 g/mol. The van der Waals surface area contributed by atoms with Gasteiger partial charge in [0, 0.05) is 10.8 Å². The van der Waals surface area contributed by atoms with E-state index in [9.17, 15) is 0 Å². The molecule has 34 heavy (non-hydrogen) atoms. The number of pyridine rings is 1. The van der Waals surface area contributed by atoms with Gasteiger partial charge in [-0.25, -0.2) is 4.98 Å².